The van der Waals surface area contributed by atoms with Crippen LogP contribution in [0.5, 0.6) is 0 Å². The second-order valence-electron chi connectivity index (χ2n) is 4.67. The van der Waals surface area contributed by atoms with Crippen LogP contribution < -0.4 is 0 Å². The predicted octanol–water partition coefficient (Wildman–Crippen LogP) is 4.74. The van der Waals surface area contributed by atoms with Crippen molar-refractivity contribution in [3.63, 3.8) is 0 Å². The van der Waals surface area contributed by atoms with Crippen molar-refractivity contribution in [2.75, 3.05) is 20.1 Å². The number of thiophene rings is 1. The molecule has 17 heavy (non-hydrogen) atoms. The quantitative estimate of drug-likeness (QED) is 0.647. The van der Waals surface area contributed by atoms with Gasteiger partial charge in [-0.25, -0.2) is 0 Å². The van der Waals surface area contributed by atoms with Crippen LogP contribution in [0.4, 0.5) is 0 Å². The van der Waals surface area contributed by atoms with Crippen molar-refractivity contribution in [1.82, 2.24) is 4.90 Å². The molecule has 1 nitrogen and oxygen atoms in total. The van der Waals surface area contributed by atoms with Crippen LogP contribution in [0.15, 0.2) is 12.1 Å². The smallest absolute Gasteiger partial charge is 0.00170 e. The number of nitrogens with zero attached hydrogens (tertiary/aromatic N) is 1. The van der Waals surface area contributed by atoms with Gasteiger partial charge in [0, 0.05) is 16.3 Å². The van der Waals surface area contributed by atoms with Crippen LogP contribution in [0.3, 0.4) is 0 Å². The van der Waals surface area contributed by atoms with Crippen molar-refractivity contribution < 1.29 is 0 Å². The van der Waals surface area contributed by atoms with E-state index in [1.54, 1.807) is 0 Å². The van der Waals surface area contributed by atoms with Crippen molar-refractivity contribution in [1.29, 1.82) is 0 Å². The molecule has 0 amide bonds. The zero-order valence-electron chi connectivity index (χ0n) is 12.4. The highest BCUT2D eigenvalue weighted by Gasteiger charge is 2.11. The van der Waals surface area contributed by atoms with Gasteiger partial charge in [-0.1, -0.05) is 20.8 Å². The first-order valence-electron chi connectivity index (χ1n) is 6.79. The Bertz CT molecular complexity index is 256. The van der Waals surface area contributed by atoms with Crippen LogP contribution in [0.1, 0.15) is 43.4 Å². The first-order valence-corrected chi connectivity index (χ1v) is 7.61. The molecule has 1 aliphatic rings. The van der Waals surface area contributed by atoms with Gasteiger partial charge in [-0.15, -0.1) is 11.3 Å². The molecule has 100 valence electrons. The minimum Gasteiger partial charge on any atom is -0.306 e. The van der Waals surface area contributed by atoms with Crippen molar-refractivity contribution >= 4 is 11.3 Å². The van der Waals surface area contributed by atoms with Crippen LogP contribution in [-0.4, -0.2) is 25.0 Å². The highest BCUT2D eigenvalue weighted by molar-refractivity contribution is 7.11. The van der Waals surface area contributed by atoms with Gasteiger partial charge in [0.15, 0.2) is 0 Å². The highest BCUT2D eigenvalue weighted by atomic mass is 32.1. The van der Waals surface area contributed by atoms with Gasteiger partial charge in [0.05, 0.1) is 0 Å². The van der Waals surface area contributed by atoms with Crippen LogP contribution in [0.25, 0.3) is 0 Å². The number of hydrogen-bond donors (Lipinski definition) is 0. The van der Waals surface area contributed by atoms with E-state index in [2.05, 4.69) is 44.9 Å². The Kier molecular flexibility index (Phi) is 9.47. The monoisotopic (exact) mass is 255 g/mol. The number of hydrogen-bond acceptors (Lipinski definition) is 2. The first-order chi connectivity index (χ1) is 8.08. The molecule has 0 saturated carbocycles. The molecule has 2 rings (SSSR count). The van der Waals surface area contributed by atoms with E-state index >= 15 is 0 Å². The van der Waals surface area contributed by atoms with Gasteiger partial charge < -0.3 is 4.90 Å². The Balaban J connectivity index is 0.000000265. The molecule has 0 radical (unpaired) electrons. The van der Waals surface area contributed by atoms with E-state index in [1.165, 1.54) is 35.7 Å². The summed E-state index contributed by atoms with van der Waals surface area (Å²) in [5.41, 5.74) is 0. The molecule has 1 atom stereocenters. The molecule has 0 aromatic carbocycles. The molecule has 0 spiro atoms. The van der Waals surface area contributed by atoms with Crippen LogP contribution >= 0.6 is 11.3 Å². The molecule has 1 aromatic rings. The second-order valence-corrected chi connectivity index (χ2v) is 6.16. The van der Waals surface area contributed by atoms with Gasteiger partial charge in [-0.05, 0) is 58.3 Å². The van der Waals surface area contributed by atoms with Gasteiger partial charge in [-0.2, -0.15) is 0 Å². The summed E-state index contributed by atoms with van der Waals surface area (Å²) >= 11 is 1.84. The fourth-order valence-electron chi connectivity index (χ4n) is 1.98. The molecule has 2 heteroatoms. The van der Waals surface area contributed by atoms with E-state index in [0.29, 0.717) is 0 Å². The largest absolute Gasteiger partial charge is 0.306 e. The van der Waals surface area contributed by atoms with Gasteiger partial charge in [0.2, 0.25) is 0 Å². The maximum absolute atomic E-state index is 2.41. The molecule has 1 fully saturated rings. The van der Waals surface area contributed by atoms with E-state index in [0.717, 1.165) is 5.92 Å². The summed E-state index contributed by atoms with van der Waals surface area (Å²) in [7, 11) is 2.20. The summed E-state index contributed by atoms with van der Waals surface area (Å²) in [6.45, 7) is 13.2. The molecule has 0 N–H and O–H groups in total. The molecule has 0 aliphatic carbocycles. The zero-order valence-corrected chi connectivity index (χ0v) is 13.2. The third-order valence-corrected chi connectivity index (χ3v) is 3.65. The van der Waals surface area contributed by atoms with Crippen molar-refractivity contribution in [2.45, 2.75) is 47.5 Å². The molecular formula is C15H29NS. The van der Waals surface area contributed by atoms with Gasteiger partial charge in [0.1, 0.15) is 0 Å². The predicted molar refractivity (Wildman–Crippen MR) is 81.0 cm³/mol. The van der Waals surface area contributed by atoms with E-state index in [-0.39, 0.29) is 0 Å². The topological polar surface area (TPSA) is 3.24 Å². The molecule has 0 bridgehead atoms. The van der Waals surface area contributed by atoms with Gasteiger partial charge in [-0.3, -0.25) is 0 Å². The van der Waals surface area contributed by atoms with Crippen LogP contribution in [0.2, 0.25) is 0 Å². The average Bonchev–Trinajstić information content (AvgIpc) is 2.66. The van der Waals surface area contributed by atoms with Crippen molar-refractivity contribution in [3.05, 3.63) is 21.9 Å². The summed E-state index contributed by atoms with van der Waals surface area (Å²) in [4.78, 5) is 5.21. The summed E-state index contributed by atoms with van der Waals surface area (Å²) in [5.74, 6) is 0.939. The molecular weight excluding hydrogens is 226 g/mol. The maximum Gasteiger partial charge on any atom is 0.00170 e. The summed E-state index contributed by atoms with van der Waals surface area (Å²) in [5, 5.41) is 0. The first kappa shape index (κ1) is 16.7. The van der Waals surface area contributed by atoms with Crippen molar-refractivity contribution in [2.24, 2.45) is 5.92 Å². The van der Waals surface area contributed by atoms with E-state index in [9.17, 15) is 0 Å². The Morgan fingerprint density at radius 1 is 1.18 bits per heavy atom. The number of aryl methyl sites for hydroxylation is 2. The Morgan fingerprint density at radius 3 is 1.94 bits per heavy atom. The van der Waals surface area contributed by atoms with Gasteiger partial charge >= 0.3 is 0 Å². The lowest BCUT2D eigenvalue weighted by molar-refractivity contribution is 0.221. The highest BCUT2D eigenvalue weighted by Crippen LogP contribution is 2.13. The normalized spacial score (nSPS) is 19.8. The number of likely N-dealkylation sites (tertiary alicyclic amines) is 1. The molecule has 1 aromatic heterocycles. The molecule has 1 aliphatic heterocycles. The van der Waals surface area contributed by atoms with E-state index in [1.807, 2.05) is 25.2 Å². The Morgan fingerprint density at radius 2 is 1.71 bits per heavy atom. The standard InChI is InChI=1S/C7H15N.C6H8S.C2H6/c1-7-4-3-5-8(2)6-7;1-5-3-4-6(2)7-5;1-2/h7H,3-6H2,1-2H3;3-4H,1-2H3;1-2H3. The lowest BCUT2D eigenvalue weighted by Crippen LogP contribution is -2.30. The third kappa shape index (κ3) is 8.39. The summed E-state index contributed by atoms with van der Waals surface area (Å²) in [6, 6.07) is 4.28. The maximum atomic E-state index is 2.41. The molecule has 1 unspecified atom stereocenters. The number of rotatable bonds is 0. The van der Waals surface area contributed by atoms with Crippen molar-refractivity contribution in [3.8, 4) is 0 Å². The number of piperidine rings is 1. The Labute approximate surface area is 112 Å². The fourth-order valence-corrected chi connectivity index (χ4v) is 2.76. The minimum atomic E-state index is 0.939. The SMILES string of the molecule is CC.CC1CCCN(C)C1.Cc1ccc(C)s1. The van der Waals surface area contributed by atoms with Gasteiger partial charge in [0.25, 0.3) is 0 Å². The Hall–Kier alpha value is -0.340. The molecule has 1 saturated heterocycles. The third-order valence-electron chi connectivity index (χ3n) is 2.73. The minimum absolute atomic E-state index is 0.939. The molecule has 2 heterocycles. The lowest BCUT2D eigenvalue weighted by Gasteiger charge is -2.26. The lowest BCUT2D eigenvalue weighted by atomic mass is 10.0. The fraction of sp³-hybridized carbons (Fsp3) is 0.733. The zero-order chi connectivity index (χ0) is 13.3. The second kappa shape index (κ2) is 9.67. The average molecular weight is 255 g/mol. The van der Waals surface area contributed by atoms with E-state index < -0.39 is 0 Å². The summed E-state index contributed by atoms with van der Waals surface area (Å²) < 4.78 is 0. The van der Waals surface area contributed by atoms with Crippen LogP contribution in [0, 0.1) is 19.8 Å². The van der Waals surface area contributed by atoms with E-state index in [4.69, 9.17) is 0 Å². The summed E-state index contributed by atoms with van der Waals surface area (Å²) in [6.07, 6.45) is 2.84. The van der Waals surface area contributed by atoms with Crippen LogP contribution in [-0.2, 0) is 0 Å².